The van der Waals surface area contributed by atoms with Crippen LogP contribution >= 0.6 is 15.9 Å². The van der Waals surface area contributed by atoms with Crippen molar-refractivity contribution in [2.75, 3.05) is 5.32 Å². The molecule has 1 N–H and O–H groups in total. The van der Waals surface area contributed by atoms with Crippen LogP contribution in [0.2, 0.25) is 0 Å². The zero-order valence-corrected chi connectivity index (χ0v) is 10.7. The van der Waals surface area contributed by atoms with Gasteiger partial charge in [-0.1, -0.05) is 15.9 Å². The van der Waals surface area contributed by atoms with E-state index in [2.05, 4.69) is 21.2 Å². The molecule has 0 heterocycles. The van der Waals surface area contributed by atoms with Gasteiger partial charge in [0.25, 0.3) is 5.91 Å². The van der Waals surface area contributed by atoms with E-state index < -0.39 is 17.5 Å². The molecule has 0 aromatic heterocycles. The number of halogens is 3. The number of hydrogen-bond donors (Lipinski definition) is 1. The second kappa shape index (κ2) is 5.27. The molecule has 2 aromatic rings. The lowest BCUT2D eigenvalue weighted by Gasteiger charge is -2.06. The number of anilines is 1. The molecule has 0 aliphatic rings. The van der Waals surface area contributed by atoms with Gasteiger partial charge in [0.05, 0.1) is 5.56 Å². The fourth-order valence-electron chi connectivity index (χ4n) is 1.41. The monoisotopic (exact) mass is 311 g/mol. The number of benzene rings is 2. The normalized spacial score (nSPS) is 10.2. The predicted molar refractivity (Wildman–Crippen MR) is 68.5 cm³/mol. The van der Waals surface area contributed by atoms with Crippen LogP contribution in [0.1, 0.15) is 10.4 Å². The molecule has 0 aliphatic carbocycles. The molecular formula is C13H8BrF2NO. The maximum Gasteiger partial charge on any atom is 0.258 e. The summed E-state index contributed by atoms with van der Waals surface area (Å²) in [5.41, 5.74) is 0.339. The minimum Gasteiger partial charge on any atom is -0.322 e. The van der Waals surface area contributed by atoms with Gasteiger partial charge in [-0.05, 0) is 42.5 Å². The molecule has 0 atom stereocenters. The molecule has 0 saturated carbocycles. The Labute approximate surface area is 111 Å². The van der Waals surface area contributed by atoms with Gasteiger partial charge in [-0.3, -0.25) is 4.79 Å². The van der Waals surface area contributed by atoms with Gasteiger partial charge in [0, 0.05) is 10.2 Å². The van der Waals surface area contributed by atoms with Crippen molar-refractivity contribution in [2.45, 2.75) is 0 Å². The van der Waals surface area contributed by atoms with E-state index in [0.717, 1.165) is 0 Å². The molecule has 0 fully saturated rings. The summed E-state index contributed by atoms with van der Waals surface area (Å²) in [6.45, 7) is 0. The van der Waals surface area contributed by atoms with Crippen LogP contribution in [0.15, 0.2) is 46.9 Å². The maximum absolute atomic E-state index is 13.5. The SMILES string of the molecule is O=C(Nc1ccc(F)cc1)c1ccc(Br)cc1F. The van der Waals surface area contributed by atoms with Gasteiger partial charge in [0.1, 0.15) is 11.6 Å². The van der Waals surface area contributed by atoms with Crippen LogP contribution in [0.5, 0.6) is 0 Å². The molecule has 92 valence electrons. The average molecular weight is 312 g/mol. The first-order valence-corrected chi connectivity index (χ1v) is 5.87. The van der Waals surface area contributed by atoms with E-state index >= 15 is 0 Å². The quantitative estimate of drug-likeness (QED) is 0.893. The fraction of sp³-hybridized carbons (Fsp3) is 0. The summed E-state index contributed by atoms with van der Waals surface area (Å²) >= 11 is 3.11. The van der Waals surface area contributed by atoms with Crippen LogP contribution in [-0.2, 0) is 0 Å². The Hall–Kier alpha value is -1.75. The number of carbonyl (C=O) groups excluding carboxylic acids is 1. The summed E-state index contributed by atoms with van der Waals surface area (Å²) in [6.07, 6.45) is 0. The summed E-state index contributed by atoms with van der Waals surface area (Å²) in [5, 5.41) is 2.48. The van der Waals surface area contributed by atoms with E-state index in [1.54, 1.807) is 6.07 Å². The zero-order valence-electron chi connectivity index (χ0n) is 9.08. The lowest BCUT2D eigenvalue weighted by atomic mass is 10.2. The van der Waals surface area contributed by atoms with Crippen LogP contribution in [-0.4, -0.2) is 5.91 Å². The molecule has 0 unspecified atom stereocenters. The molecule has 0 saturated heterocycles. The van der Waals surface area contributed by atoms with E-state index in [0.29, 0.717) is 10.2 Å². The van der Waals surface area contributed by atoms with Crippen molar-refractivity contribution in [1.82, 2.24) is 0 Å². The van der Waals surface area contributed by atoms with Crippen molar-refractivity contribution in [2.24, 2.45) is 0 Å². The third-order valence-corrected chi connectivity index (χ3v) is 2.77. The molecule has 18 heavy (non-hydrogen) atoms. The van der Waals surface area contributed by atoms with Gasteiger partial charge in [0.2, 0.25) is 0 Å². The van der Waals surface area contributed by atoms with Crippen LogP contribution < -0.4 is 5.32 Å². The Balaban J connectivity index is 2.19. The van der Waals surface area contributed by atoms with Gasteiger partial charge in [0.15, 0.2) is 0 Å². The van der Waals surface area contributed by atoms with Gasteiger partial charge >= 0.3 is 0 Å². The molecule has 1 amide bonds. The van der Waals surface area contributed by atoms with Crippen LogP contribution in [0.4, 0.5) is 14.5 Å². The number of nitrogens with one attached hydrogen (secondary N) is 1. The van der Waals surface area contributed by atoms with E-state index in [4.69, 9.17) is 0 Å². The Morgan fingerprint density at radius 1 is 1.06 bits per heavy atom. The molecule has 0 bridgehead atoms. The molecule has 5 heteroatoms. The first-order valence-electron chi connectivity index (χ1n) is 5.08. The zero-order chi connectivity index (χ0) is 13.1. The number of hydrogen-bond acceptors (Lipinski definition) is 1. The average Bonchev–Trinajstić information content (AvgIpc) is 2.32. The first kappa shape index (κ1) is 12.7. The second-order valence-electron chi connectivity index (χ2n) is 3.59. The van der Waals surface area contributed by atoms with Gasteiger partial charge in [-0.2, -0.15) is 0 Å². The maximum atomic E-state index is 13.5. The first-order chi connectivity index (χ1) is 8.56. The van der Waals surface area contributed by atoms with E-state index in [1.165, 1.54) is 36.4 Å². The van der Waals surface area contributed by atoms with Crippen molar-refractivity contribution in [1.29, 1.82) is 0 Å². The molecule has 2 nitrogen and oxygen atoms in total. The third kappa shape index (κ3) is 2.92. The Morgan fingerprint density at radius 3 is 2.33 bits per heavy atom. The number of carbonyl (C=O) groups is 1. The van der Waals surface area contributed by atoms with E-state index in [1.807, 2.05) is 0 Å². The number of rotatable bonds is 2. The summed E-state index contributed by atoms with van der Waals surface area (Å²) < 4.78 is 26.7. The minimum absolute atomic E-state index is 0.0671. The standard InChI is InChI=1S/C13H8BrF2NO/c14-8-1-6-11(12(16)7-8)13(18)17-10-4-2-9(15)3-5-10/h1-7H,(H,17,18). The molecule has 2 aromatic carbocycles. The highest BCUT2D eigenvalue weighted by Gasteiger charge is 2.11. The van der Waals surface area contributed by atoms with Crippen LogP contribution in [0.3, 0.4) is 0 Å². The van der Waals surface area contributed by atoms with Crippen molar-refractivity contribution in [3.05, 3.63) is 64.1 Å². The number of amides is 1. The summed E-state index contributed by atoms with van der Waals surface area (Å²) in [6, 6.07) is 9.40. The largest absolute Gasteiger partial charge is 0.322 e. The van der Waals surface area contributed by atoms with Crippen molar-refractivity contribution >= 4 is 27.5 Å². The van der Waals surface area contributed by atoms with E-state index in [9.17, 15) is 13.6 Å². The highest BCUT2D eigenvalue weighted by molar-refractivity contribution is 9.10. The molecule has 0 radical (unpaired) electrons. The summed E-state index contributed by atoms with van der Waals surface area (Å²) in [4.78, 5) is 11.8. The van der Waals surface area contributed by atoms with Crippen molar-refractivity contribution < 1.29 is 13.6 Å². The second-order valence-corrected chi connectivity index (χ2v) is 4.50. The van der Waals surface area contributed by atoms with Crippen LogP contribution in [0.25, 0.3) is 0 Å². The lowest BCUT2D eigenvalue weighted by Crippen LogP contribution is -2.13. The summed E-state index contributed by atoms with van der Waals surface area (Å²) in [7, 11) is 0. The van der Waals surface area contributed by atoms with Gasteiger partial charge in [-0.25, -0.2) is 8.78 Å². The Kier molecular flexibility index (Phi) is 3.72. The third-order valence-electron chi connectivity index (χ3n) is 2.28. The van der Waals surface area contributed by atoms with Crippen LogP contribution in [0, 0.1) is 11.6 Å². The smallest absolute Gasteiger partial charge is 0.258 e. The minimum atomic E-state index is -0.621. The lowest BCUT2D eigenvalue weighted by molar-refractivity contribution is 0.102. The topological polar surface area (TPSA) is 29.1 Å². The molecule has 2 rings (SSSR count). The molecule has 0 spiro atoms. The fourth-order valence-corrected chi connectivity index (χ4v) is 1.74. The van der Waals surface area contributed by atoms with Gasteiger partial charge < -0.3 is 5.32 Å². The predicted octanol–water partition coefficient (Wildman–Crippen LogP) is 3.98. The van der Waals surface area contributed by atoms with Crippen molar-refractivity contribution in [3.63, 3.8) is 0 Å². The highest BCUT2D eigenvalue weighted by atomic mass is 79.9. The van der Waals surface area contributed by atoms with Gasteiger partial charge in [-0.15, -0.1) is 0 Å². The Morgan fingerprint density at radius 2 is 1.72 bits per heavy atom. The summed E-state index contributed by atoms with van der Waals surface area (Å²) in [5.74, 6) is -1.60. The van der Waals surface area contributed by atoms with E-state index in [-0.39, 0.29) is 5.56 Å². The Bertz CT molecular complexity index is 584. The molecule has 0 aliphatic heterocycles. The highest BCUT2D eigenvalue weighted by Crippen LogP contribution is 2.17. The molecular weight excluding hydrogens is 304 g/mol. The van der Waals surface area contributed by atoms with Crippen molar-refractivity contribution in [3.8, 4) is 0 Å².